The Hall–Kier alpha value is -0.660. The summed E-state index contributed by atoms with van der Waals surface area (Å²) in [5, 5.41) is 7.11. The van der Waals surface area contributed by atoms with Crippen LogP contribution in [-0.4, -0.2) is 15.7 Å². The maximum atomic E-state index is 11.9. The Kier molecular flexibility index (Phi) is 4.24. The lowest BCUT2D eigenvalue weighted by Crippen LogP contribution is -2.23. The van der Waals surface area contributed by atoms with Gasteiger partial charge in [0.1, 0.15) is 0 Å². The van der Waals surface area contributed by atoms with Crippen LogP contribution < -0.4 is 5.32 Å². The van der Waals surface area contributed by atoms with Crippen LogP contribution in [0.25, 0.3) is 0 Å². The SMILES string of the molecule is Cc1cc(CNC(=O)c2cc(Br)c(Br)s2)n(C)n1. The number of thiophene rings is 1. The van der Waals surface area contributed by atoms with Crippen LogP contribution in [0.4, 0.5) is 0 Å². The smallest absolute Gasteiger partial charge is 0.261 e. The van der Waals surface area contributed by atoms with E-state index in [4.69, 9.17) is 0 Å². The number of amides is 1. The molecule has 18 heavy (non-hydrogen) atoms. The number of aryl methyl sites for hydroxylation is 2. The van der Waals surface area contributed by atoms with E-state index in [-0.39, 0.29) is 5.91 Å². The van der Waals surface area contributed by atoms with E-state index in [0.29, 0.717) is 11.4 Å². The zero-order chi connectivity index (χ0) is 13.3. The minimum Gasteiger partial charge on any atom is -0.346 e. The van der Waals surface area contributed by atoms with Crippen molar-refractivity contribution in [2.45, 2.75) is 13.5 Å². The van der Waals surface area contributed by atoms with E-state index in [1.165, 1.54) is 11.3 Å². The molecule has 2 rings (SSSR count). The first-order chi connectivity index (χ1) is 8.47. The second-order valence-corrected chi connectivity index (χ2v) is 7.04. The maximum Gasteiger partial charge on any atom is 0.261 e. The van der Waals surface area contributed by atoms with Crippen LogP contribution in [-0.2, 0) is 13.6 Å². The van der Waals surface area contributed by atoms with Crippen molar-refractivity contribution < 1.29 is 4.79 Å². The fourth-order valence-electron chi connectivity index (χ4n) is 1.55. The first-order valence-corrected chi connectivity index (χ1v) is 7.60. The Morgan fingerprint density at radius 3 is 2.72 bits per heavy atom. The van der Waals surface area contributed by atoms with E-state index in [1.54, 1.807) is 10.7 Å². The molecule has 96 valence electrons. The Bertz CT molecular complexity index is 572. The zero-order valence-electron chi connectivity index (χ0n) is 9.83. The van der Waals surface area contributed by atoms with Crippen molar-refractivity contribution >= 4 is 49.1 Å². The number of hydrogen-bond donors (Lipinski definition) is 1. The van der Waals surface area contributed by atoms with Crippen molar-refractivity contribution in [3.8, 4) is 0 Å². The molecule has 0 saturated heterocycles. The highest BCUT2D eigenvalue weighted by Gasteiger charge is 2.12. The van der Waals surface area contributed by atoms with Gasteiger partial charge in [-0.05, 0) is 50.9 Å². The highest BCUT2D eigenvalue weighted by Crippen LogP contribution is 2.32. The van der Waals surface area contributed by atoms with Crippen LogP contribution >= 0.6 is 43.2 Å². The number of nitrogens with one attached hydrogen (secondary N) is 1. The minimum atomic E-state index is -0.0785. The average Bonchev–Trinajstić information content (AvgIpc) is 2.79. The largest absolute Gasteiger partial charge is 0.346 e. The van der Waals surface area contributed by atoms with Gasteiger partial charge in [-0.25, -0.2) is 0 Å². The molecule has 2 aromatic heterocycles. The van der Waals surface area contributed by atoms with Gasteiger partial charge in [-0.15, -0.1) is 11.3 Å². The fourth-order valence-corrected chi connectivity index (χ4v) is 3.50. The normalized spacial score (nSPS) is 10.7. The summed E-state index contributed by atoms with van der Waals surface area (Å²) in [5.74, 6) is -0.0785. The van der Waals surface area contributed by atoms with Gasteiger partial charge < -0.3 is 5.32 Å². The minimum absolute atomic E-state index is 0.0785. The van der Waals surface area contributed by atoms with Crippen molar-refractivity contribution in [3.05, 3.63) is 36.7 Å². The van der Waals surface area contributed by atoms with Crippen LogP contribution in [0.15, 0.2) is 20.4 Å². The molecule has 7 heteroatoms. The van der Waals surface area contributed by atoms with Crippen molar-refractivity contribution in [2.24, 2.45) is 7.05 Å². The average molecular weight is 393 g/mol. The molecule has 0 aliphatic heterocycles. The number of carbonyl (C=O) groups excluding carboxylic acids is 1. The van der Waals surface area contributed by atoms with Gasteiger partial charge in [-0.3, -0.25) is 9.48 Å². The third-order valence-corrected chi connectivity index (χ3v) is 5.65. The molecule has 0 atom stereocenters. The Labute approximate surface area is 126 Å². The first kappa shape index (κ1) is 13.8. The van der Waals surface area contributed by atoms with Gasteiger partial charge >= 0.3 is 0 Å². The van der Waals surface area contributed by atoms with Gasteiger partial charge in [0.2, 0.25) is 0 Å². The van der Waals surface area contributed by atoms with E-state index in [1.807, 2.05) is 20.0 Å². The molecule has 0 aliphatic carbocycles. The van der Waals surface area contributed by atoms with Crippen molar-refractivity contribution in [1.29, 1.82) is 0 Å². The predicted molar refractivity (Wildman–Crippen MR) is 78.8 cm³/mol. The lowest BCUT2D eigenvalue weighted by molar-refractivity contribution is 0.0954. The van der Waals surface area contributed by atoms with Crippen molar-refractivity contribution in [3.63, 3.8) is 0 Å². The van der Waals surface area contributed by atoms with Crippen LogP contribution in [0.1, 0.15) is 21.1 Å². The summed E-state index contributed by atoms with van der Waals surface area (Å²) in [6.07, 6.45) is 0. The van der Waals surface area contributed by atoms with E-state index in [2.05, 4.69) is 42.3 Å². The number of halogens is 2. The second-order valence-electron chi connectivity index (χ2n) is 3.82. The summed E-state index contributed by atoms with van der Waals surface area (Å²) in [6, 6.07) is 3.76. The van der Waals surface area contributed by atoms with Crippen molar-refractivity contribution in [1.82, 2.24) is 15.1 Å². The number of nitrogens with zero attached hydrogens (tertiary/aromatic N) is 2. The molecule has 2 heterocycles. The van der Waals surface area contributed by atoms with Gasteiger partial charge in [0.25, 0.3) is 5.91 Å². The topological polar surface area (TPSA) is 46.9 Å². The molecule has 0 unspecified atom stereocenters. The molecule has 0 saturated carbocycles. The molecular formula is C11H11Br2N3OS. The molecule has 0 aliphatic rings. The molecule has 0 bridgehead atoms. The molecule has 1 N–H and O–H groups in total. The zero-order valence-corrected chi connectivity index (χ0v) is 13.8. The quantitative estimate of drug-likeness (QED) is 0.871. The van der Waals surface area contributed by atoms with Crippen molar-refractivity contribution in [2.75, 3.05) is 0 Å². The predicted octanol–water partition coefficient (Wildman–Crippen LogP) is 3.25. The van der Waals surface area contributed by atoms with Gasteiger partial charge in [0, 0.05) is 11.5 Å². The molecule has 0 spiro atoms. The fraction of sp³-hybridized carbons (Fsp3) is 0.273. The molecule has 4 nitrogen and oxygen atoms in total. The Balaban J connectivity index is 2.02. The van der Waals surface area contributed by atoms with E-state index in [9.17, 15) is 4.79 Å². The summed E-state index contributed by atoms with van der Waals surface area (Å²) >= 11 is 8.14. The van der Waals surface area contributed by atoms with Gasteiger partial charge in [0.05, 0.1) is 26.6 Å². The number of hydrogen-bond acceptors (Lipinski definition) is 3. The molecule has 0 fully saturated rings. The van der Waals surface area contributed by atoms with Crippen LogP contribution in [0.3, 0.4) is 0 Å². The lowest BCUT2D eigenvalue weighted by Gasteiger charge is -2.03. The standard InChI is InChI=1S/C11H11Br2N3OS/c1-6-3-7(16(2)15-6)5-14-11(17)9-4-8(12)10(13)18-9/h3-4H,5H2,1-2H3,(H,14,17). The highest BCUT2D eigenvalue weighted by atomic mass is 79.9. The third kappa shape index (κ3) is 3.02. The van der Waals surface area contributed by atoms with Gasteiger partial charge in [-0.1, -0.05) is 0 Å². The number of carbonyl (C=O) groups is 1. The number of rotatable bonds is 3. The summed E-state index contributed by atoms with van der Waals surface area (Å²) in [5.41, 5.74) is 1.93. The monoisotopic (exact) mass is 391 g/mol. The highest BCUT2D eigenvalue weighted by molar-refractivity contribution is 9.13. The third-order valence-electron chi connectivity index (χ3n) is 2.40. The van der Waals surface area contributed by atoms with Crippen LogP contribution in [0.5, 0.6) is 0 Å². The molecule has 0 aromatic carbocycles. The molecular weight excluding hydrogens is 382 g/mol. The van der Waals surface area contributed by atoms with E-state index in [0.717, 1.165) is 19.6 Å². The maximum absolute atomic E-state index is 11.9. The molecule has 1 amide bonds. The summed E-state index contributed by atoms with van der Waals surface area (Å²) in [6.45, 7) is 2.40. The Morgan fingerprint density at radius 2 is 2.22 bits per heavy atom. The Morgan fingerprint density at radius 1 is 1.50 bits per heavy atom. The van der Waals surface area contributed by atoms with Gasteiger partial charge in [-0.2, -0.15) is 5.10 Å². The first-order valence-electron chi connectivity index (χ1n) is 5.20. The van der Waals surface area contributed by atoms with Crippen LogP contribution in [0, 0.1) is 6.92 Å². The number of aromatic nitrogens is 2. The summed E-state index contributed by atoms with van der Waals surface area (Å²) < 4.78 is 3.59. The molecule has 2 aromatic rings. The second kappa shape index (κ2) is 5.54. The van der Waals surface area contributed by atoms with Crippen LogP contribution in [0.2, 0.25) is 0 Å². The van der Waals surface area contributed by atoms with E-state index < -0.39 is 0 Å². The summed E-state index contributed by atoms with van der Waals surface area (Å²) in [4.78, 5) is 12.6. The van der Waals surface area contributed by atoms with Gasteiger partial charge in [0.15, 0.2) is 0 Å². The molecule has 0 radical (unpaired) electrons. The summed E-state index contributed by atoms with van der Waals surface area (Å²) in [7, 11) is 1.87. The van der Waals surface area contributed by atoms with E-state index >= 15 is 0 Å². The lowest BCUT2D eigenvalue weighted by atomic mass is 10.3.